The van der Waals surface area contributed by atoms with Gasteiger partial charge < -0.3 is 24.4 Å². The van der Waals surface area contributed by atoms with E-state index in [0.717, 1.165) is 69.1 Å². The zero-order valence-electron chi connectivity index (χ0n) is 34.7. The molecule has 3 aromatic carbocycles. The van der Waals surface area contributed by atoms with Crippen molar-refractivity contribution in [3.05, 3.63) is 137 Å². The summed E-state index contributed by atoms with van der Waals surface area (Å²) in [4.78, 5) is 5.25. The van der Waals surface area contributed by atoms with Crippen LogP contribution in [0.15, 0.2) is 114 Å². The van der Waals surface area contributed by atoms with E-state index in [2.05, 4.69) is 139 Å². The Balaban J connectivity index is 0.00000285. The SMILES string of the molecule is CC.CCC\C=C/C=C(\C=C(/C)c1cc(OC)c(OC)c(C2CC2)c1)CN(c1ccc(OC)cc1)C1CCN(CC2=CC(c3ccc(C)cc3)NC=C2)CC1. The topological polar surface area (TPSA) is 46.2 Å². The lowest BCUT2D eigenvalue weighted by atomic mass is 9.97. The molecule has 6 rings (SSSR count). The highest BCUT2D eigenvalue weighted by Crippen LogP contribution is 2.48. The van der Waals surface area contributed by atoms with E-state index in [4.69, 9.17) is 14.2 Å². The van der Waals surface area contributed by atoms with Crippen LogP contribution < -0.4 is 24.4 Å². The van der Waals surface area contributed by atoms with Gasteiger partial charge in [-0.3, -0.25) is 4.90 Å². The third-order valence-electron chi connectivity index (χ3n) is 10.8. The highest BCUT2D eigenvalue weighted by molar-refractivity contribution is 5.71. The van der Waals surface area contributed by atoms with Gasteiger partial charge in [-0.2, -0.15) is 0 Å². The van der Waals surface area contributed by atoms with Crippen molar-refractivity contribution in [2.45, 2.75) is 91.1 Å². The van der Waals surface area contributed by atoms with Gasteiger partial charge in [-0.15, -0.1) is 0 Å². The third-order valence-corrected chi connectivity index (χ3v) is 10.8. The molecule has 1 aliphatic carbocycles. The largest absolute Gasteiger partial charge is 0.497 e. The molecule has 0 amide bonds. The molecule has 2 heterocycles. The van der Waals surface area contributed by atoms with Gasteiger partial charge in [0.1, 0.15) is 5.75 Å². The number of benzene rings is 3. The summed E-state index contributed by atoms with van der Waals surface area (Å²) in [5.41, 5.74) is 10.1. The molecule has 294 valence electrons. The molecule has 3 aromatic rings. The minimum Gasteiger partial charge on any atom is -0.497 e. The fourth-order valence-corrected chi connectivity index (χ4v) is 7.58. The number of aryl methyl sites for hydroxylation is 1. The maximum Gasteiger partial charge on any atom is 0.164 e. The average Bonchev–Trinajstić information content (AvgIpc) is 4.08. The molecule has 1 N–H and O–H groups in total. The maximum atomic E-state index is 5.84. The number of nitrogens with one attached hydrogen (secondary N) is 1. The van der Waals surface area contributed by atoms with Crippen LogP contribution >= 0.6 is 0 Å². The van der Waals surface area contributed by atoms with Gasteiger partial charge in [0.25, 0.3) is 0 Å². The van der Waals surface area contributed by atoms with Crippen LogP contribution in [-0.2, 0) is 0 Å². The van der Waals surface area contributed by atoms with Crippen LogP contribution in [0.4, 0.5) is 5.69 Å². The lowest BCUT2D eigenvalue weighted by molar-refractivity contribution is 0.225. The van der Waals surface area contributed by atoms with Crippen LogP contribution in [0.5, 0.6) is 17.2 Å². The van der Waals surface area contributed by atoms with Gasteiger partial charge >= 0.3 is 0 Å². The standard InChI is InChI=1S/C47H59N3O3.C2H6/c1-7-8-9-10-11-36(28-35(3)40-30-44(38-16-17-38)47(53-6)46(31-40)52-5)33-50(41-18-20-43(51-4)21-19-41)42-23-26-49(27-24-42)32-37-22-25-48-45(29-37)39-14-12-34(2)13-15-39;1-2/h9-15,18-22,25,28-31,38,42,45,48H,7-8,16-17,23-24,26-27,32-33H2,1-6H3;1-2H3/b10-9-,35-28+,36-11+;. The van der Waals surface area contributed by atoms with E-state index >= 15 is 0 Å². The molecule has 1 saturated heterocycles. The van der Waals surface area contributed by atoms with Crippen molar-refractivity contribution in [2.24, 2.45) is 0 Å². The first-order valence-corrected chi connectivity index (χ1v) is 20.5. The number of hydrogen-bond donors (Lipinski definition) is 1. The number of rotatable bonds is 16. The van der Waals surface area contributed by atoms with Crippen molar-refractivity contribution in [3.8, 4) is 17.2 Å². The quantitative estimate of drug-likeness (QED) is 0.147. The van der Waals surface area contributed by atoms with Gasteiger partial charge in [0.2, 0.25) is 0 Å². The summed E-state index contributed by atoms with van der Waals surface area (Å²) < 4.78 is 17.2. The fourth-order valence-electron chi connectivity index (χ4n) is 7.58. The number of dihydropyridines is 1. The summed E-state index contributed by atoms with van der Waals surface area (Å²) in [7, 11) is 5.22. The molecule has 6 heteroatoms. The second-order valence-corrected chi connectivity index (χ2v) is 14.8. The molecule has 0 spiro atoms. The smallest absolute Gasteiger partial charge is 0.164 e. The Labute approximate surface area is 332 Å². The third kappa shape index (κ3) is 11.4. The van der Waals surface area contributed by atoms with Gasteiger partial charge in [0.05, 0.1) is 27.4 Å². The molecule has 2 aliphatic heterocycles. The first kappa shape index (κ1) is 41.5. The number of nitrogens with zero attached hydrogens (tertiary/aromatic N) is 2. The lowest BCUT2D eigenvalue weighted by Crippen LogP contribution is -2.46. The Morgan fingerprint density at radius 2 is 1.64 bits per heavy atom. The molecule has 0 aromatic heterocycles. The lowest BCUT2D eigenvalue weighted by Gasteiger charge is -2.40. The molecule has 1 atom stereocenters. The van der Waals surface area contributed by atoms with E-state index in [1.807, 2.05) is 13.8 Å². The van der Waals surface area contributed by atoms with Crippen LogP contribution in [0, 0.1) is 6.92 Å². The molecule has 1 saturated carbocycles. The highest BCUT2D eigenvalue weighted by atomic mass is 16.5. The number of hydrogen-bond acceptors (Lipinski definition) is 6. The zero-order chi connectivity index (χ0) is 39.2. The minimum atomic E-state index is 0.214. The predicted molar refractivity (Wildman–Crippen MR) is 233 cm³/mol. The van der Waals surface area contributed by atoms with Crippen LogP contribution in [0.25, 0.3) is 5.57 Å². The Bertz CT molecular complexity index is 1810. The number of allylic oxidation sites excluding steroid dienone is 4. The number of unbranched alkanes of at least 4 members (excludes halogenated alkanes) is 1. The Kier molecular flexibility index (Phi) is 15.7. The van der Waals surface area contributed by atoms with E-state index in [9.17, 15) is 0 Å². The molecule has 6 nitrogen and oxygen atoms in total. The average molecular weight is 744 g/mol. The summed E-state index contributed by atoms with van der Waals surface area (Å²) in [6, 6.07) is 22.6. The van der Waals surface area contributed by atoms with Gasteiger partial charge in [-0.25, -0.2) is 0 Å². The molecule has 0 radical (unpaired) electrons. The van der Waals surface area contributed by atoms with E-state index in [0.29, 0.717) is 12.0 Å². The van der Waals surface area contributed by atoms with Gasteiger partial charge in [0, 0.05) is 43.5 Å². The maximum absolute atomic E-state index is 5.84. The fraction of sp³-hybridized carbons (Fsp3) is 0.429. The molecule has 1 unspecified atom stereocenters. The van der Waals surface area contributed by atoms with Crippen molar-refractivity contribution in [1.82, 2.24) is 10.2 Å². The van der Waals surface area contributed by atoms with Crippen molar-refractivity contribution < 1.29 is 14.2 Å². The Hall–Kier alpha value is -4.68. The molecule has 0 bridgehead atoms. The van der Waals surface area contributed by atoms with Crippen LogP contribution in [0.1, 0.15) is 100 Å². The van der Waals surface area contributed by atoms with E-state index in [1.54, 1.807) is 21.3 Å². The molecule has 55 heavy (non-hydrogen) atoms. The van der Waals surface area contributed by atoms with E-state index in [-0.39, 0.29) is 6.04 Å². The second kappa shape index (κ2) is 20.8. The number of ether oxygens (including phenoxy) is 3. The molecular formula is C49H65N3O3. The Morgan fingerprint density at radius 3 is 2.27 bits per heavy atom. The summed E-state index contributed by atoms with van der Waals surface area (Å²) in [5.74, 6) is 3.11. The summed E-state index contributed by atoms with van der Waals surface area (Å²) >= 11 is 0. The minimum absolute atomic E-state index is 0.214. The number of likely N-dealkylation sites (tertiary alicyclic amines) is 1. The molecule has 3 aliphatic rings. The van der Waals surface area contributed by atoms with Crippen molar-refractivity contribution >= 4 is 11.3 Å². The molecule has 2 fully saturated rings. The predicted octanol–water partition coefficient (Wildman–Crippen LogP) is 11.4. The number of piperidine rings is 1. The van der Waals surface area contributed by atoms with E-state index in [1.165, 1.54) is 57.5 Å². The van der Waals surface area contributed by atoms with Crippen LogP contribution in [-0.4, -0.2) is 58.5 Å². The van der Waals surface area contributed by atoms with E-state index < -0.39 is 0 Å². The van der Waals surface area contributed by atoms with Crippen molar-refractivity contribution in [3.63, 3.8) is 0 Å². The monoisotopic (exact) mass is 744 g/mol. The highest BCUT2D eigenvalue weighted by Gasteiger charge is 2.30. The van der Waals surface area contributed by atoms with Gasteiger partial charge in [-0.1, -0.05) is 87.4 Å². The summed E-state index contributed by atoms with van der Waals surface area (Å²) in [5, 5.41) is 3.54. The molecular weight excluding hydrogens is 679 g/mol. The normalized spacial score (nSPS) is 18.0. The first-order chi connectivity index (χ1) is 26.9. The first-order valence-electron chi connectivity index (χ1n) is 20.5. The van der Waals surface area contributed by atoms with Gasteiger partial charge in [-0.05, 0) is 128 Å². The summed E-state index contributed by atoms with van der Waals surface area (Å²) in [6.07, 6.45) is 22.8. The Morgan fingerprint density at radius 1 is 0.909 bits per heavy atom. The second-order valence-electron chi connectivity index (χ2n) is 14.8. The summed E-state index contributed by atoms with van der Waals surface area (Å²) in [6.45, 7) is 14.5. The van der Waals surface area contributed by atoms with Crippen molar-refractivity contribution in [2.75, 3.05) is 52.4 Å². The number of methoxy groups -OCH3 is 3. The van der Waals surface area contributed by atoms with Crippen LogP contribution in [0.2, 0.25) is 0 Å². The van der Waals surface area contributed by atoms with Crippen molar-refractivity contribution in [1.29, 1.82) is 0 Å². The zero-order valence-corrected chi connectivity index (χ0v) is 34.7. The number of anilines is 1. The van der Waals surface area contributed by atoms with Crippen LogP contribution in [0.3, 0.4) is 0 Å². The van der Waals surface area contributed by atoms with Gasteiger partial charge in [0.15, 0.2) is 11.5 Å².